The van der Waals surface area contributed by atoms with E-state index in [-0.39, 0.29) is 17.6 Å². The number of nitrogens with zero attached hydrogens (tertiary/aromatic N) is 1. The van der Waals surface area contributed by atoms with E-state index in [0.29, 0.717) is 5.56 Å². The first-order valence-corrected chi connectivity index (χ1v) is 6.06. The van der Waals surface area contributed by atoms with Crippen LogP contribution in [0.5, 0.6) is 0 Å². The Morgan fingerprint density at radius 2 is 2.22 bits per heavy atom. The Balaban J connectivity index is 1.93. The Labute approximate surface area is 105 Å². The van der Waals surface area contributed by atoms with E-state index in [2.05, 4.69) is 10.3 Å². The number of rotatable bonds is 5. The van der Waals surface area contributed by atoms with E-state index in [4.69, 9.17) is 5.11 Å². The molecule has 96 valence electrons. The van der Waals surface area contributed by atoms with Gasteiger partial charge in [0.2, 0.25) is 0 Å². The Bertz CT molecular complexity index is 452. The van der Waals surface area contributed by atoms with Gasteiger partial charge < -0.3 is 10.4 Å². The topological polar surface area (TPSA) is 79.3 Å². The van der Waals surface area contributed by atoms with Crippen LogP contribution in [0.1, 0.15) is 47.0 Å². The van der Waals surface area contributed by atoms with Crippen LogP contribution in [0.4, 0.5) is 0 Å². The summed E-state index contributed by atoms with van der Waals surface area (Å²) < 4.78 is 0. The second-order valence-electron chi connectivity index (χ2n) is 4.79. The summed E-state index contributed by atoms with van der Waals surface area (Å²) in [6.07, 6.45) is 4.82. The molecular weight excluding hydrogens is 232 g/mol. The molecule has 0 bridgehead atoms. The van der Waals surface area contributed by atoms with Crippen molar-refractivity contribution in [1.29, 1.82) is 0 Å². The number of carboxylic acids is 1. The molecule has 18 heavy (non-hydrogen) atoms. The minimum absolute atomic E-state index is 0.0578. The summed E-state index contributed by atoms with van der Waals surface area (Å²) in [6, 6.07) is 2.96. The highest BCUT2D eigenvalue weighted by Crippen LogP contribution is 2.33. The van der Waals surface area contributed by atoms with Gasteiger partial charge in [0.15, 0.2) is 0 Å². The van der Waals surface area contributed by atoms with E-state index < -0.39 is 5.97 Å². The number of nitrogens with one attached hydrogen (secondary N) is 1. The van der Waals surface area contributed by atoms with Crippen LogP contribution in [0.2, 0.25) is 0 Å². The fourth-order valence-electron chi connectivity index (χ4n) is 1.87. The molecule has 1 unspecified atom stereocenters. The lowest BCUT2D eigenvalue weighted by Crippen LogP contribution is -2.33. The van der Waals surface area contributed by atoms with Crippen molar-refractivity contribution >= 4 is 11.9 Å². The van der Waals surface area contributed by atoms with E-state index in [1.807, 2.05) is 6.92 Å². The molecule has 1 aromatic rings. The normalized spacial score (nSPS) is 16.1. The predicted octanol–water partition coefficient (Wildman–Crippen LogP) is 1.70. The maximum atomic E-state index is 11.8. The first-order chi connectivity index (χ1) is 8.56. The number of hydrogen-bond donors (Lipinski definition) is 2. The van der Waals surface area contributed by atoms with E-state index in [1.165, 1.54) is 31.2 Å². The molecule has 0 radical (unpaired) electrons. The van der Waals surface area contributed by atoms with Gasteiger partial charge in [-0.25, -0.2) is 9.78 Å². The molecule has 2 N–H and O–H groups in total. The molecule has 0 aliphatic heterocycles. The highest BCUT2D eigenvalue weighted by atomic mass is 16.4. The minimum Gasteiger partial charge on any atom is -0.477 e. The number of carbonyl (C=O) groups is 2. The fourth-order valence-corrected chi connectivity index (χ4v) is 1.87. The van der Waals surface area contributed by atoms with Crippen molar-refractivity contribution < 1.29 is 14.7 Å². The molecule has 1 fully saturated rings. The van der Waals surface area contributed by atoms with Gasteiger partial charge >= 0.3 is 5.97 Å². The van der Waals surface area contributed by atoms with Gasteiger partial charge in [-0.05, 0) is 31.4 Å². The van der Waals surface area contributed by atoms with Crippen molar-refractivity contribution in [2.75, 3.05) is 0 Å². The number of carboxylic acid groups (broad SMARTS) is 1. The van der Waals surface area contributed by atoms with Crippen LogP contribution in [-0.2, 0) is 0 Å². The van der Waals surface area contributed by atoms with Crippen LogP contribution in [0, 0.1) is 5.92 Å². The zero-order valence-corrected chi connectivity index (χ0v) is 10.2. The van der Waals surface area contributed by atoms with E-state index in [0.717, 1.165) is 12.3 Å². The lowest BCUT2D eigenvalue weighted by molar-refractivity contribution is 0.0689. The van der Waals surface area contributed by atoms with Gasteiger partial charge in [0.05, 0.1) is 5.56 Å². The third-order valence-electron chi connectivity index (χ3n) is 3.01. The molecule has 1 aliphatic carbocycles. The van der Waals surface area contributed by atoms with Gasteiger partial charge in [-0.15, -0.1) is 0 Å². The number of amides is 1. The lowest BCUT2D eigenvalue weighted by atomic mass is 10.1. The molecule has 0 spiro atoms. The summed E-state index contributed by atoms with van der Waals surface area (Å²) in [5.41, 5.74) is 0.334. The number of aromatic carboxylic acids is 1. The van der Waals surface area contributed by atoms with Crippen LogP contribution < -0.4 is 5.32 Å². The van der Waals surface area contributed by atoms with Crippen LogP contribution in [-0.4, -0.2) is 28.0 Å². The second kappa shape index (κ2) is 5.16. The summed E-state index contributed by atoms with van der Waals surface area (Å²) in [4.78, 5) is 26.2. The van der Waals surface area contributed by atoms with Crippen molar-refractivity contribution in [3.63, 3.8) is 0 Å². The number of pyridine rings is 1. The Kier molecular flexibility index (Phi) is 3.60. The molecule has 2 rings (SSSR count). The minimum atomic E-state index is -1.09. The molecule has 1 aromatic heterocycles. The predicted molar refractivity (Wildman–Crippen MR) is 65.5 cm³/mol. The van der Waals surface area contributed by atoms with Crippen molar-refractivity contribution in [1.82, 2.24) is 10.3 Å². The molecule has 0 aromatic carbocycles. The molecule has 5 heteroatoms. The van der Waals surface area contributed by atoms with Gasteiger partial charge in [0.1, 0.15) is 5.69 Å². The number of carbonyl (C=O) groups excluding carboxylic acids is 1. The Morgan fingerprint density at radius 3 is 2.72 bits per heavy atom. The Morgan fingerprint density at radius 1 is 1.50 bits per heavy atom. The molecule has 1 saturated carbocycles. The molecule has 1 amide bonds. The maximum absolute atomic E-state index is 11.8. The smallest absolute Gasteiger partial charge is 0.354 e. The number of aromatic nitrogens is 1. The standard InChI is InChI=1S/C13H16N2O3/c1-8(6-9-2-3-9)15-12(16)10-4-5-11(13(17)18)14-7-10/h4-5,7-9H,2-3,6H2,1H3,(H,15,16)(H,17,18). The third-order valence-corrected chi connectivity index (χ3v) is 3.01. The van der Waals surface area contributed by atoms with Gasteiger partial charge in [-0.2, -0.15) is 0 Å². The molecule has 1 aliphatic rings. The molecule has 1 atom stereocenters. The largest absolute Gasteiger partial charge is 0.477 e. The lowest BCUT2D eigenvalue weighted by Gasteiger charge is -2.13. The maximum Gasteiger partial charge on any atom is 0.354 e. The average molecular weight is 248 g/mol. The highest BCUT2D eigenvalue weighted by Gasteiger charge is 2.24. The van der Waals surface area contributed by atoms with E-state index in [9.17, 15) is 9.59 Å². The van der Waals surface area contributed by atoms with Crippen molar-refractivity contribution in [2.24, 2.45) is 5.92 Å². The fraction of sp³-hybridized carbons (Fsp3) is 0.462. The van der Waals surface area contributed by atoms with Crippen molar-refractivity contribution in [3.8, 4) is 0 Å². The Hall–Kier alpha value is -1.91. The van der Waals surface area contributed by atoms with Crippen molar-refractivity contribution in [2.45, 2.75) is 32.2 Å². The third kappa shape index (κ3) is 3.29. The molecule has 1 heterocycles. The molecular formula is C13H16N2O3. The average Bonchev–Trinajstić information content (AvgIpc) is 3.12. The first kappa shape index (κ1) is 12.5. The quantitative estimate of drug-likeness (QED) is 0.831. The van der Waals surface area contributed by atoms with E-state index in [1.54, 1.807) is 0 Å². The monoisotopic (exact) mass is 248 g/mol. The van der Waals surface area contributed by atoms with Gasteiger partial charge in [0, 0.05) is 12.2 Å². The van der Waals surface area contributed by atoms with Crippen LogP contribution in [0.25, 0.3) is 0 Å². The van der Waals surface area contributed by atoms with Gasteiger partial charge in [0.25, 0.3) is 5.91 Å². The molecule has 0 saturated heterocycles. The highest BCUT2D eigenvalue weighted by molar-refractivity contribution is 5.95. The van der Waals surface area contributed by atoms with Crippen LogP contribution in [0.15, 0.2) is 18.3 Å². The summed E-state index contributed by atoms with van der Waals surface area (Å²) in [5.74, 6) is -0.538. The summed E-state index contributed by atoms with van der Waals surface area (Å²) in [5, 5.41) is 11.6. The van der Waals surface area contributed by atoms with Gasteiger partial charge in [-0.1, -0.05) is 12.8 Å². The SMILES string of the molecule is CC(CC1CC1)NC(=O)c1ccc(C(=O)O)nc1. The first-order valence-electron chi connectivity index (χ1n) is 6.06. The van der Waals surface area contributed by atoms with Crippen molar-refractivity contribution in [3.05, 3.63) is 29.6 Å². The van der Waals surface area contributed by atoms with E-state index >= 15 is 0 Å². The van der Waals surface area contributed by atoms with Gasteiger partial charge in [-0.3, -0.25) is 4.79 Å². The van der Waals surface area contributed by atoms with Crippen LogP contribution >= 0.6 is 0 Å². The zero-order valence-electron chi connectivity index (χ0n) is 10.2. The summed E-state index contributed by atoms with van der Waals surface area (Å²) in [6.45, 7) is 1.98. The van der Waals surface area contributed by atoms with Crippen LogP contribution in [0.3, 0.4) is 0 Å². The molecule has 5 nitrogen and oxygen atoms in total. The zero-order chi connectivity index (χ0) is 13.1. The second-order valence-corrected chi connectivity index (χ2v) is 4.79. The summed E-state index contributed by atoms with van der Waals surface area (Å²) in [7, 11) is 0. The number of hydrogen-bond acceptors (Lipinski definition) is 3. The summed E-state index contributed by atoms with van der Waals surface area (Å²) >= 11 is 0.